The van der Waals surface area contributed by atoms with Crippen LogP contribution in [0.2, 0.25) is 0 Å². The second kappa shape index (κ2) is 12.8. The van der Waals surface area contributed by atoms with Gasteiger partial charge in [-0.1, -0.05) is 68.1 Å². The van der Waals surface area contributed by atoms with Crippen LogP contribution in [0.4, 0.5) is 0 Å². The Balaban J connectivity index is 2.46. The van der Waals surface area contributed by atoms with Gasteiger partial charge in [0.1, 0.15) is 22.9 Å². The smallest absolute Gasteiger partial charge is 0.122 e. The zero-order valence-electron chi connectivity index (χ0n) is 22.9. The first kappa shape index (κ1) is 27.6. The molecule has 0 amide bonds. The van der Waals surface area contributed by atoms with Gasteiger partial charge >= 0.3 is 0 Å². The summed E-state index contributed by atoms with van der Waals surface area (Å²) in [5.74, 6) is 2.52. The molecule has 3 aromatic rings. The number of nitrogens with zero attached hydrogens (tertiary/aromatic N) is 3. The highest BCUT2D eigenvalue weighted by atomic mass is 16.5. The Kier molecular flexibility index (Phi) is 9.56. The molecule has 0 radical (unpaired) electrons. The molecule has 194 valence electrons. The van der Waals surface area contributed by atoms with E-state index in [1.54, 1.807) is 14.2 Å². The van der Waals surface area contributed by atoms with Gasteiger partial charge in [0, 0.05) is 39.0 Å². The van der Waals surface area contributed by atoms with Crippen molar-refractivity contribution in [1.29, 1.82) is 0 Å². The van der Waals surface area contributed by atoms with Crippen LogP contribution in [0.15, 0.2) is 108 Å². The molecule has 0 atom stereocenters. The van der Waals surface area contributed by atoms with Gasteiger partial charge in [0.25, 0.3) is 0 Å². The van der Waals surface area contributed by atoms with Crippen LogP contribution in [0.1, 0.15) is 37.0 Å². The van der Waals surface area contributed by atoms with Crippen molar-refractivity contribution < 1.29 is 9.47 Å². The molecule has 0 N–H and O–H groups in total. The number of rotatable bonds is 11. The van der Waals surface area contributed by atoms with E-state index in [9.17, 15) is 0 Å². The molecule has 0 bridgehead atoms. The third-order valence-corrected chi connectivity index (χ3v) is 6.68. The summed E-state index contributed by atoms with van der Waals surface area (Å²) in [4.78, 5) is 9.17. The van der Waals surface area contributed by atoms with Gasteiger partial charge in [0.2, 0.25) is 0 Å². The number of hydrogen-bond donors (Lipinski definition) is 0. The summed E-state index contributed by atoms with van der Waals surface area (Å²) in [5.41, 5.74) is 3.29. The lowest BCUT2D eigenvalue weighted by molar-refractivity contribution is 0.326. The van der Waals surface area contributed by atoms with Gasteiger partial charge in [-0.05, 0) is 54.0 Å². The van der Waals surface area contributed by atoms with Gasteiger partial charge in [-0.3, -0.25) is 4.99 Å². The lowest BCUT2D eigenvalue weighted by Crippen LogP contribution is -2.50. The van der Waals surface area contributed by atoms with Crippen LogP contribution in [-0.2, 0) is 5.54 Å². The average molecular weight is 498 g/mol. The lowest BCUT2D eigenvalue weighted by Gasteiger charge is -2.47. The monoisotopic (exact) mass is 497 g/mol. The first-order chi connectivity index (χ1) is 18.0. The Bertz CT molecular complexity index is 1150. The maximum Gasteiger partial charge on any atom is 0.122 e. The maximum atomic E-state index is 5.51. The third-order valence-electron chi connectivity index (χ3n) is 6.68. The summed E-state index contributed by atoms with van der Waals surface area (Å²) in [6.07, 6.45) is 4.86. The first-order valence-corrected chi connectivity index (χ1v) is 12.6. The highest BCUT2D eigenvalue weighted by Crippen LogP contribution is 2.45. The summed E-state index contributed by atoms with van der Waals surface area (Å²) < 4.78 is 11.0. The van der Waals surface area contributed by atoms with E-state index in [-0.39, 0.29) is 0 Å². The number of amidine groups is 1. The highest BCUT2D eigenvalue weighted by Gasteiger charge is 2.44. The third kappa shape index (κ3) is 5.72. The standard InChI is InChI=1S/C32H39N3O2/c1-8-31(33-4)35(25(3)23-24-34(5)9-2)32(26-13-11-10-12-14-26,27-15-19-29(36-6)20-16-27)28-17-21-30(37-7)22-18-28/h10-24H,3,8-9H2,1-2,4-7H3/b24-23-,33-31?. The second-order valence-corrected chi connectivity index (χ2v) is 8.74. The van der Waals surface area contributed by atoms with E-state index in [0.717, 1.165) is 52.7 Å². The maximum absolute atomic E-state index is 5.51. The molecule has 0 aromatic heterocycles. The fraction of sp³-hybridized carbons (Fsp3) is 0.281. The number of hydrogen-bond acceptors (Lipinski definition) is 4. The average Bonchev–Trinajstić information content (AvgIpc) is 2.96. The van der Waals surface area contributed by atoms with Crippen LogP contribution in [0.5, 0.6) is 11.5 Å². The SMILES string of the molecule is C=C(/C=C\N(C)CC)N(C(CC)=NC)C(c1ccccc1)(c1ccc(OC)cc1)c1ccc(OC)cc1. The summed E-state index contributed by atoms with van der Waals surface area (Å²) in [7, 11) is 7.27. The first-order valence-electron chi connectivity index (χ1n) is 12.6. The fourth-order valence-electron chi connectivity index (χ4n) is 4.62. The molecule has 0 heterocycles. The van der Waals surface area contributed by atoms with Crippen LogP contribution >= 0.6 is 0 Å². The molecule has 0 spiro atoms. The molecular weight excluding hydrogens is 458 g/mol. The van der Waals surface area contributed by atoms with Gasteiger partial charge in [-0.15, -0.1) is 0 Å². The normalized spacial score (nSPS) is 11.9. The van der Waals surface area contributed by atoms with E-state index < -0.39 is 5.54 Å². The Hall–Kier alpha value is -3.99. The van der Waals surface area contributed by atoms with Crippen molar-refractivity contribution in [1.82, 2.24) is 9.80 Å². The van der Waals surface area contributed by atoms with Crippen molar-refractivity contribution in [2.75, 3.05) is 34.9 Å². The summed E-state index contributed by atoms with van der Waals surface area (Å²) in [5, 5.41) is 0. The Morgan fingerprint density at radius 1 is 0.838 bits per heavy atom. The quantitative estimate of drug-likeness (QED) is 0.128. The minimum Gasteiger partial charge on any atom is -0.497 e. The van der Waals surface area contributed by atoms with Crippen LogP contribution < -0.4 is 9.47 Å². The molecule has 0 fully saturated rings. The Morgan fingerprint density at radius 3 is 1.73 bits per heavy atom. The minimum atomic E-state index is -0.767. The zero-order valence-corrected chi connectivity index (χ0v) is 22.9. The van der Waals surface area contributed by atoms with Crippen LogP contribution in [-0.4, -0.2) is 50.5 Å². The topological polar surface area (TPSA) is 37.3 Å². The molecule has 0 saturated carbocycles. The lowest BCUT2D eigenvalue weighted by atomic mass is 9.74. The molecule has 0 saturated heterocycles. The number of methoxy groups -OCH3 is 2. The van der Waals surface area contributed by atoms with Crippen molar-refractivity contribution in [2.24, 2.45) is 4.99 Å². The Morgan fingerprint density at radius 2 is 1.32 bits per heavy atom. The number of benzene rings is 3. The molecule has 0 aliphatic heterocycles. The minimum absolute atomic E-state index is 0.730. The molecule has 5 nitrogen and oxygen atoms in total. The van der Waals surface area contributed by atoms with Crippen molar-refractivity contribution in [3.05, 3.63) is 120 Å². The van der Waals surface area contributed by atoms with Gasteiger partial charge in [-0.2, -0.15) is 0 Å². The van der Waals surface area contributed by atoms with Crippen molar-refractivity contribution >= 4 is 5.84 Å². The molecule has 5 heteroatoms. The van der Waals surface area contributed by atoms with E-state index in [2.05, 4.69) is 98.1 Å². The van der Waals surface area contributed by atoms with Crippen LogP contribution in [0.25, 0.3) is 0 Å². The highest BCUT2D eigenvalue weighted by molar-refractivity contribution is 5.86. The predicted molar refractivity (Wildman–Crippen MR) is 154 cm³/mol. The zero-order chi connectivity index (χ0) is 26.8. The van der Waals surface area contributed by atoms with E-state index in [0.29, 0.717) is 0 Å². The van der Waals surface area contributed by atoms with E-state index >= 15 is 0 Å². The molecule has 0 aliphatic carbocycles. The van der Waals surface area contributed by atoms with Gasteiger partial charge in [0.15, 0.2) is 0 Å². The van der Waals surface area contributed by atoms with Gasteiger partial charge in [0.05, 0.1) is 14.2 Å². The Labute approximate surface area is 222 Å². The number of ether oxygens (including phenoxy) is 2. The molecular formula is C32H39N3O2. The summed E-state index contributed by atoms with van der Waals surface area (Å²) >= 11 is 0. The second-order valence-electron chi connectivity index (χ2n) is 8.74. The van der Waals surface area contributed by atoms with Crippen molar-refractivity contribution in [2.45, 2.75) is 25.8 Å². The van der Waals surface area contributed by atoms with Crippen LogP contribution in [0.3, 0.4) is 0 Å². The van der Waals surface area contributed by atoms with E-state index in [4.69, 9.17) is 14.5 Å². The largest absolute Gasteiger partial charge is 0.497 e. The molecule has 37 heavy (non-hydrogen) atoms. The van der Waals surface area contributed by atoms with Crippen molar-refractivity contribution in [3.8, 4) is 11.5 Å². The summed E-state index contributed by atoms with van der Waals surface area (Å²) in [6.45, 7) is 9.72. The van der Waals surface area contributed by atoms with Gasteiger partial charge < -0.3 is 19.3 Å². The van der Waals surface area contributed by atoms with Gasteiger partial charge in [-0.25, -0.2) is 0 Å². The summed E-state index contributed by atoms with van der Waals surface area (Å²) in [6, 6.07) is 27.1. The van der Waals surface area contributed by atoms with E-state index in [1.165, 1.54) is 0 Å². The molecule has 3 aromatic carbocycles. The number of aliphatic imine (C=N–C) groups is 1. The predicted octanol–water partition coefficient (Wildman–Crippen LogP) is 6.72. The molecule has 3 rings (SSSR count). The van der Waals surface area contributed by atoms with Crippen LogP contribution in [0, 0.1) is 0 Å². The number of allylic oxidation sites excluding steroid dienone is 1. The molecule has 0 aliphatic rings. The van der Waals surface area contributed by atoms with Crippen molar-refractivity contribution in [3.63, 3.8) is 0 Å². The molecule has 0 unspecified atom stereocenters. The fourth-order valence-corrected chi connectivity index (χ4v) is 4.62. The van der Waals surface area contributed by atoms with E-state index in [1.807, 2.05) is 37.4 Å².